The molecule has 3 nitrogen and oxygen atoms in total. The van der Waals surface area contributed by atoms with Crippen molar-refractivity contribution in [3.05, 3.63) is 44.6 Å². The van der Waals surface area contributed by atoms with E-state index in [4.69, 9.17) is 9.47 Å². The summed E-state index contributed by atoms with van der Waals surface area (Å²) in [6, 6.07) is 8.04. The van der Waals surface area contributed by atoms with Gasteiger partial charge >= 0.3 is 0 Å². The Bertz CT molecular complexity index is 571. The molecule has 114 valence electrons. The number of ether oxygens (including phenoxy) is 2. The Morgan fingerprint density at radius 1 is 1.29 bits per heavy atom. The van der Waals surface area contributed by atoms with E-state index in [0.29, 0.717) is 6.61 Å². The van der Waals surface area contributed by atoms with E-state index in [1.807, 2.05) is 18.2 Å². The molecule has 0 aliphatic carbocycles. The number of methoxy groups -OCH3 is 1. The molecule has 0 saturated heterocycles. The molecular formula is C16H20BrNO2S. The summed E-state index contributed by atoms with van der Waals surface area (Å²) in [5.41, 5.74) is 1.12. The molecule has 0 radical (unpaired) electrons. The fraction of sp³-hybridized carbons (Fsp3) is 0.375. The van der Waals surface area contributed by atoms with Crippen molar-refractivity contribution in [1.29, 1.82) is 0 Å². The minimum atomic E-state index is 0.541. The molecule has 0 amide bonds. The van der Waals surface area contributed by atoms with Crippen LogP contribution in [0.25, 0.3) is 0 Å². The Labute approximate surface area is 138 Å². The van der Waals surface area contributed by atoms with E-state index >= 15 is 0 Å². The summed E-state index contributed by atoms with van der Waals surface area (Å²) in [7, 11) is 1.67. The monoisotopic (exact) mass is 369 g/mol. The van der Waals surface area contributed by atoms with Gasteiger partial charge in [0.25, 0.3) is 0 Å². The highest BCUT2D eigenvalue weighted by molar-refractivity contribution is 9.10. The molecule has 5 heteroatoms. The summed E-state index contributed by atoms with van der Waals surface area (Å²) in [5, 5.41) is 5.46. The van der Waals surface area contributed by atoms with E-state index < -0.39 is 0 Å². The zero-order valence-corrected chi connectivity index (χ0v) is 14.7. The molecule has 2 aromatic rings. The highest BCUT2D eigenvalue weighted by atomic mass is 79.9. The average molecular weight is 370 g/mol. The number of hydrogen-bond acceptors (Lipinski definition) is 4. The smallest absolute Gasteiger partial charge is 0.166 e. The first kappa shape index (κ1) is 16.3. The normalized spacial score (nSPS) is 10.6. The Kier molecular flexibility index (Phi) is 6.54. The Morgan fingerprint density at radius 2 is 2.14 bits per heavy atom. The van der Waals surface area contributed by atoms with Crippen LogP contribution in [0.1, 0.15) is 23.8 Å². The first-order valence-corrected chi connectivity index (χ1v) is 8.64. The van der Waals surface area contributed by atoms with Gasteiger partial charge in [0.1, 0.15) is 6.61 Å². The maximum Gasteiger partial charge on any atom is 0.166 e. The van der Waals surface area contributed by atoms with Crippen LogP contribution in [0, 0.1) is 0 Å². The van der Waals surface area contributed by atoms with E-state index in [1.54, 1.807) is 18.4 Å². The summed E-state index contributed by atoms with van der Waals surface area (Å²) >= 11 is 5.21. The molecule has 0 bridgehead atoms. The highest BCUT2D eigenvalue weighted by Crippen LogP contribution is 2.33. The van der Waals surface area contributed by atoms with Gasteiger partial charge in [0.2, 0.25) is 0 Å². The molecule has 21 heavy (non-hydrogen) atoms. The fourth-order valence-electron chi connectivity index (χ4n) is 1.99. The molecule has 2 rings (SSSR count). The van der Waals surface area contributed by atoms with Crippen LogP contribution in [0.15, 0.2) is 34.1 Å². The van der Waals surface area contributed by atoms with Crippen molar-refractivity contribution < 1.29 is 9.47 Å². The van der Waals surface area contributed by atoms with Crippen LogP contribution in [-0.2, 0) is 13.2 Å². The van der Waals surface area contributed by atoms with Crippen molar-refractivity contribution in [2.24, 2.45) is 0 Å². The molecular weight excluding hydrogens is 350 g/mol. The molecule has 0 aliphatic rings. The number of rotatable bonds is 8. The van der Waals surface area contributed by atoms with Crippen molar-refractivity contribution in [2.75, 3.05) is 13.7 Å². The average Bonchev–Trinajstić information content (AvgIpc) is 2.91. The van der Waals surface area contributed by atoms with Crippen LogP contribution in [-0.4, -0.2) is 13.7 Å². The maximum atomic E-state index is 6.03. The van der Waals surface area contributed by atoms with Gasteiger partial charge in [-0.05, 0) is 46.4 Å². The van der Waals surface area contributed by atoms with Gasteiger partial charge in [-0.15, -0.1) is 11.3 Å². The van der Waals surface area contributed by atoms with E-state index in [-0.39, 0.29) is 0 Å². The van der Waals surface area contributed by atoms with Crippen molar-refractivity contribution in [2.45, 2.75) is 26.5 Å². The van der Waals surface area contributed by atoms with Gasteiger partial charge < -0.3 is 14.8 Å². The summed E-state index contributed by atoms with van der Waals surface area (Å²) in [6.07, 6.45) is 1.11. The Balaban J connectivity index is 2.12. The van der Waals surface area contributed by atoms with Crippen LogP contribution in [0.3, 0.4) is 0 Å². The number of para-hydroxylation sites is 1. The second-order valence-electron chi connectivity index (χ2n) is 4.61. The zero-order valence-electron chi connectivity index (χ0n) is 12.3. The van der Waals surface area contributed by atoms with Gasteiger partial charge in [-0.25, -0.2) is 0 Å². The molecule has 0 saturated carbocycles. The predicted octanol–water partition coefficient (Wildman–Crippen LogP) is 4.60. The molecule has 1 aromatic carbocycles. The topological polar surface area (TPSA) is 30.5 Å². The third-order valence-corrected chi connectivity index (χ3v) is 4.96. The molecule has 0 atom stereocenters. The van der Waals surface area contributed by atoms with Crippen molar-refractivity contribution in [1.82, 2.24) is 5.32 Å². The number of nitrogens with one attached hydrogen (secondary N) is 1. The number of benzene rings is 1. The standard InChI is InChI=1S/C16H20BrNO2S/c1-3-8-18-10-12-5-4-6-14(19-2)16(12)20-11-15-13(17)7-9-21-15/h4-7,9,18H,3,8,10-11H2,1-2H3. The van der Waals surface area contributed by atoms with Crippen LogP contribution in [0.2, 0.25) is 0 Å². The van der Waals surface area contributed by atoms with E-state index in [1.165, 1.54) is 4.88 Å². The molecule has 0 aliphatic heterocycles. The lowest BCUT2D eigenvalue weighted by atomic mass is 10.2. The van der Waals surface area contributed by atoms with Crippen LogP contribution in [0.4, 0.5) is 0 Å². The van der Waals surface area contributed by atoms with Gasteiger partial charge in [-0.3, -0.25) is 0 Å². The maximum absolute atomic E-state index is 6.03. The van der Waals surface area contributed by atoms with E-state index in [9.17, 15) is 0 Å². The largest absolute Gasteiger partial charge is 0.493 e. The predicted molar refractivity (Wildman–Crippen MR) is 91.3 cm³/mol. The van der Waals surface area contributed by atoms with Gasteiger partial charge in [-0.1, -0.05) is 19.1 Å². The first-order chi connectivity index (χ1) is 10.3. The summed E-state index contributed by atoms with van der Waals surface area (Å²) < 4.78 is 12.6. The third-order valence-electron chi connectivity index (χ3n) is 3.06. The van der Waals surface area contributed by atoms with Gasteiger partial charge in [0, 0.05) is 16.6 Å². The van der Waals surface area contributed by atoms with Crippen molar-refractivity contribution >= 4 is 27.3 Å². The number of thiophene rings is 1. The summed E-state index contributed by atoms with van der Waals surface area (Å²) in [5.74, 6) is 1.60. The van der Waals surface area contributed by atoms with Gasteiger partial charge in [0.05, 0.1) is 12.0 Å². The lowest BCUT2D eigenvalue weighted by Crippen LogP contribution is -2.15. The summed E-state index contributed by atoms with van der Waals surface area (Å²) in [6.45, 7) is 4.48. The van der Waals surface area contributed by atoms with E-state index in [2.05, 4.69) is 39.6 Å². The molecule has 0 fully saturated rings. The van der Waals surface area contributed by atoms with Crippen molar-refractivity contribution in [3.8, 4) is 11.5 Å². The minimum Gasteiger partial charge on any atom is -0.493 e. The van der Waals surface area contributed by atoms with Gasteiger partial charge in [-0.2, -0.15) is 0 Å². The quantitative estimate of drug-likeness (QED) is 0.689. The summed E-state index contributed by atoms with van der Waals surface area (Å²) in [4.78, 5) is 1.17. The molecule has 1 heterocycles. The first-order valence-electron chi connectivity index (χ1n) is 6.97. The van der Waals surface area contributed by atoms with Crippen molar-refractivity contribution in [3.63, 3.8) is 0 Å². The van der Waals surface area contributed by atoms with E-state index in [0.717, 1.165) is 41.0 Å². The van der Waals surface area contributed by atoms with Gasteiger partial charge in [0.15, 0.2) is 11.5 Å². The lowest BCUT2D eigenvalue weighted by Gasteiger charge is -2.15. The number of hydrogen-bond donors (Lipinski definition) is 1. The lowest BCUT2D eigenvalue weighted by molar-refractivity contribution is 0.283. The van der Waals surface area contributed by atoms with Crippen LogP contribution >= 0.6 is 27.3 Å². The second kappa shape index (κ2) is 8.41. The Hall–Kier alpha value is -1.04. The molecule has 0 unspecified atom stereocenters. The fourth-order valence-corrected chi connectivity index (χ4v) is 3.37. The molecule has 1 N–H and O–H groups in total. The third kappa shape index (κ3) is 4.46. The number of halogens is 1. The second-order valence-corrected chi connectivity index (χ2v) is 6.46. The zero-order chi connectivity index (χ0) is 15.1. The van der Waals surface area contributed by atoms with Crippen LogP contribution < -0.4 is 14.8 Å². The van der Waals surface area contributed by atoms with Crippen LogP contribution in [0.5, 0.6) is 11.5 Å². The highest BCUT2D eigenvalue weighted by Gasteiger charge is 2.12. The molecule has 0 spiro atoms. The SMILES string of the molecule is CCCNCc1cccc(OC)c1OCc1sccc1Br. The Morgan fingerprint density at radius 3 is 2.81 bits per heavy atom. The minimum absolute atomic E-state index is 0.541. The molecule has 1 aromatic heterocycles.